The summed E-state index contributed by atoms with van der Waals surface area (Å²) in [7, 11) is 0. The molecule has 2 aromatic carbocycles. The van der Waals surface area contributed by atoms with Crippen LogP contribution in [0.3, 0.4) is 0 Å². The van der Waals surface area contributed by atoms with E-state index in [1.165, 1.54) is 0 Å². The van der Waals surface area contributed by atoms with E-state index in [9.17, 15) is 4.79 Å². The molecule has 5 nitrogen and oxygen atoms in total. The van der Waals surface area contributed by atoms with Crippen LogP contribution in [0.25, 0.3) is 0 Å². The van der Waals surface area contributed by atoms with Gasteiger partial charge in [0.05, 0.1) is 12.1 Å². The monoisotopic (exact) mass is 303 g/mol. The van der Waals surface area contributed by atoms with Gasteiger partial charge in [0.25, 0.3) is 0 Å². The molecule has 0 heterocycles. The summed E-state index contributed by atoms with van der Waals surface area (Å²) in [6.45, 7) is 0. The molecule has 108 valence electrons. The number of carbonyl (C=O) groups excluding carboxylic acids is 1. The molecule has 0 unspecified atom stereocenters. The number of para-hydroxylation sites is 1. The first-order chi connectivity index (χ1) is 10.1. The fourth-order valence-corrected chi connectivity index (χ4v) is 2.11. The van der Waals surface area contributed by atoms with E-state index < -0.39 is 0 Å². The van der Waals surface area contributed by atoms with Gasteiger partial charge in [0, 0.05) is 10.6 Å². The van der Waals surface area contributed by atoms with Crippen molar-refractivity contribution in [3.8, 4) is 0 Å². The average Bonchev–Trinajstić information content (AvgIpc) is 2.47. The van der Waals surface area contributed by atoms with E-state index in [1.54, 1.807) is 42.5 Å². The first kappa shape index (κ1) is 14.9. The summed E-state index contributed by atoms with van der Waals surface area (Å²) < 4.78 is 0. The second-order valence-electron chi connectivity index (χ2n) is 4.39. The summed E-state index contributed by atoms with van der Waals surface area (Å²) >= 11 is 5.88. The Labute approximate surface area is 127 Å². The highest BCUT2D eigenvalue weighted by Crippen LogP contribution is 2.16. The maximum atomic E-state index is 12.1. The van der Waals surface area contributed by atoms with E-state index in [0.717, 1.165) is 5.56 Å². The predicted octanol–water partition coefficient (Wildman–Crippen LogP) is 2.62. The molecule has 4 N–H and O–H groups in total. The van der Waals surface area contributed by atoms with E-state index in [4.69, 9.17) is 22.5 Å². The first-order valence-electron chi connectivity index (χ1n) is 6.21. The van der Waals surface area contributed by atoms with Crippen LogP contribution in [0.2, 0.25) is 5.02 Å². The topological polar surface area (TPSA) is 87.7 Å². The summed E-state index contributed by atoms with van der Waals surface area (Å²) in [6, 6.07) is 13.9. The second kappa shape index (κ2) is 6.76. The largest absolute Gasteiger partial charge is 0.409 e. The molecule has 21 heavy (non-hydrogen) atoms. The number of halogens is 1. The summed E-state index contributed by atoms with van der Waals surface area (Å²) in [5.41, 5.74) is 7.32. The van der Waals surface area contributed by atoms with Crippen LogP contribution >= 0.6 is 11.6 Å². The Hall–Kier alpha value is -2.53. The Morgan fingerprint density at radius 2 is 2.00 bits per heavy atom. The van der Waals surface area contributed by atoms with E-state index in [2.05, 4.69) is 10.5 Å². The van der Waals surface area contributed by atoms with Crippen LogP contribution in [0.4, 0.5) is 5.69 Å². The SMILES string of the molecule is NC(=NO)c1ccccc1NC(=O)Cc1cccc(Cl)c1. The number of anilines is 1. The Morgan fingerprint density at radius 1 is 1.24 bits per heavy atom. The van der Waals surface area contributed by atoms with Crippen molar-refractivity contribution in [2.24, 2.45) is 10.9 Å². The zero-order chi connectivity index (χ0) is 15.2. The van der Waals surface area contributed by atoms with Gasteiger partial charge in [-0.05, 0) is 29.8 Å². The lowest BCUT2D eigenvalue weighted by molar-refractivity contribution is -0.115. The van der Waals surface area contributed by atoms with Crippen molar-refractivity contribution in [1.29, 1.82) is 0 Å². The molecule has 2 aromatic rings. The van der Waals surface area contributed by atoms with E-state index >= 15 is 0 Å². The fraction of sp³-hybridized carbons (Fsp3) is 0.0667. The maximum Gasteiger partial charge on any atom is 0.228 e. The molecule has 0 saturated heterocycles. The first-order valence-corrected chi connectivity index (χ1v) is 6.59. The minimum Gasteiger partial charge on any atom is -0.409 e. The number of hydrogen-bond donors (Lipinski definition) is 3. The number of hydrogen-bond acceptors (Lipinski definition) is 3. The molecule has 0 bridgehead atoms. The van der Waals surface area contributed by atoms with Gasteiger partial charge in [0.1, 0.15) is 0 Å². The Morgan fingerprint density at radius 3 is 2.71 bits per heavy atom. The minimum atomic E-state index is -0.213. The highest BCUT2D eigenvalue weighted by molar-refractivity contribution is 6.30. The third-order valence-corrected chi connectivity index (χ3v) is 3.07. The number of nitrogens with one attached hydrogen (secondary N) is 1. The molecule has 1 amide bonds. The minimum absolute atomic E-state index is 0.0614. The second-order valence-corrected chi connectivity index (χ2v) is 4.82. The van der Waals surface area contributed by atoms with Crippen molar-refractivity contribution >= 4 is 29.0 Å². The van der Waals surface area contributed by atoms with Crippen molar-refractivity contribution in [1.82, 2.24) is 0 Å². The maximum absolute atomic E-state index is 12.1. The van der Waals surface area contributed by atoms with Crippen molar-refractivity contribution in [2.45, 2.75) is 6.42 Å². The third-order valence-electron chi connectivity index (χ3n) is 2.84. The van der Waals surface area contributed by atoms with Crippen LogP contribution in [-0.2, 0) is 11.2 Å². The summed E-state index contributed by atoms with van der Waals surface area (Å²) in [4.78, 5) is 12.1. The summed E-state index contributed by atoms with van der Waals surface area (Å²) in [5, 5.41) is 15.0. The molecular weight excluding hydrogens is 290 g/mol. The Kier molecular flexibility index (Phi) is 4.79. The van der Waals surface area contributed by atoms with E-state index in [1.807, 2.05) is 6.07 Å². The quantitative estimate of drug-likeness (QED) is 0.351. The van der Waals surface area contributed by atoms with E-state index in [0.29, 0.717) is 16.3 Å². The van der Waals surface area contributed by atoms with Crippen molar-refractivity contribution < 1.29 is 10.0 Å². The molecule has 0 aromatic heterocycles. The van der Waals surface area contributed by atoms with Gasteiger partial charge in [0.15, 0.2) is 5.84 Å². The molecule has 0 aliphatic carbocycles. The van der Waals surface area contributed by atoms with Crippen LogP contribution in [0, 0.1) is 0 Å². The standard InChI is InChI=1S/C15H14ClN3O2/c16-11-5-3-4-10(8-11)9-14(20)18-13-7-2-1-6-12(13)15(17)19-21/h1-8,21H,9H2,(H2,17,19)(H,18,20). The number of nitrogens with zero attached hydrogens (tertiary/aromatic N) is 1. The zero-order valence-corrected chi connectivity index (χ0v) is 11.8. The summed E-state index contributed by atoms with van der Waals surface area (Å²) in [5.74, 6) is -0.274. The molecular formula is C15H14ClN3O2. The van der Waals surface area contributed by atoms with Gasteiger partial charge >= 0.3 is 0 Å². The number of nitrogens with two attached hydrogens (primary N) is 1. The van der Waals surface area contributed by atoms with Gasteiger partial charge in [-0.2, -0.15) is 0 Å². The Bertz CT molecular complexity index is 686. The van der Waals surface area contributed by atoms with Gasteiger partial charge in [-0.15, -0.1) is 0 Å². The molecule has 0 aliphatic rings. The molecule has 0 radical (unpaired) electrons. The van der Waals surface area contributed by atoms with Crippen LogP contribution in [0.5, 0.6) is 0 Å². The lowest BCUT2D eigenvalue weighted by atomic mass is 10.1. The highest BCUT2D eigenvalue weighted by atomic mass is 35.5. The predicted molar refractivity (Wildman–Crippen MR) is 82.7 cm³/mol. The van der Waals surface area contributed by atoms with E-state index in [-0.39, 0.29) is 18.2 Å². The fourth-order valence-electron chi connectivity index (χ4n) is 1.90. The van der Waals surface area contributed by atoms with Crippen molar-refractivity contribution in [3.63, 3.8) is 0 Å². The molecule has 2 rings (SSSR count). The van der Waals surface area contributed by atoms with Gasteiger partial charge in [0.2, 0.25) is 5.91 Å². The molecule has 0 fully saturated rings. The van der Waals surface area contributed by atoms with Crippen LogP contribution < -0.4 is 11.1 Å². The lowest BCUT2D eigenvalue weighted by Gasteiger charge is -2.10. The third kappa shape index (κ3) is 3.97. The molecule has 0 spiro atoms. The number of oxime groups is 1. The Balaban J connectivity index is 2.13. The van der Waals surface area contributed by atoms with Crippen LogP contribution in [0.1, 0.15) is 11.1 Å². The number of carbonyl (C=O) groups is 1. The number of rotatable bonds is 4. The number of amidine groups is 1. The molecule has 6 heteroatoms. The summed E-state index contributed by atoms with van der Waals surface area (Å²) in [6.07, 6.45) is 0.186. The average molecular weight is 304 g/mol. The van der Waals surface area contributed by atoms with Crippen molar-refractivity contribution in [3.05, 3.63) is 64.7 Å². The number of benzene rings is 2. The molecule has 0 atom stereocenters. The van der Waals surface area contributed by atoms with Gasteiger partial charge in [-0.25, -0.2) is 0 Å². The van der Waals surface area contributed by atoms with Crippen molar-refractivity contribution in [2.75, 3.05) is 5.32 Å². The smallest absolute Gasteiger partial charge is 0.228 e. The van der Waals surface area contributed by atoms with Gasteiger partial charge in [-0.3, -0.25) is 4.79 Å². The highest BCUT2D eigenvalue weighted by Gasteiger charge is 2.10. The van der Waals surface area contributed by atoms with Gasteiger partial charge < -0.3 is 16.3 Å². The lowest BCUT2D eigenvalue weighted by Crippen LogP contribution is -2.20. The van der Waals surface area contributed by atoms with Crippen LogP contribution in [0.15, 0.2) is 53.7 Å². The zero-order valence-electron chi connectivity index (χ0n) is 11.1. The molecule has 0 saturated carbocycles. The van der Waals surface area contributed by atoms with Gasteiger partial charge in [-0.1, -0.05) is 41.0 Å². The normalized spacial score (nSPS) is 11.2. The van der Waals surface area contributed by atoms with Crippen LogP contribution in [-0.4, -0.2) is 17.0 Å². The molecule has 0 aliphatic heterocycles. The number of amides is 1.